The van der Waals surface area contributed by atoms with Gasteiger partial charge in [0.15, 0.2) is 5.78 Å². The summed E-state index contributed by atoms with van der Waals surface area (Å²) in [5.74, 6) is 0.851. The third kappa shape index (κ3) is 9.94. The van der Waals surface area contributed by atoms with Gasteiger partial charge in [-0.2, -0.15) is 0 Å². The summed E-state index contributed by atoms with van der Waals surface area (Å²) >= 11 is 6.66. The Morgan fingerprint density at radius 3 is 2.52 bits per heavy atom. The Bertz CT molecular complexity index is 793. The maximum absolute atomic E-state index is 11.5. The molecule has 7 heteroatoms. The van der Waals surface area contributed by atoms with Crippen LogP contribution in [-0.2, 0) is 4.79 Å². The lowest BCUT2D eigenvalue weighted by Gasteiger charge is -2.05. The molecule has 0 aliphatic carbocycles. The van der Waals surface area contributed by atoms with Crippen LogP contribution < -0.4 is 9.47 Å². The van der Waals surface area contributed by atoms with Crippen molar-refractivity contribution in [1.29, 1.82) is 0 Å². The van der Waals surface area contributed by atoms with Crippen molar-refractivity contribution in [2.45, 2.75) is 40.5 Å². The van der Waals surface area contributed by atoms with Crippen molar-refractivity contribution in [2.24, 2.45) is 0 Å². The van der Waals surface area contributed by atoms with Gasteiger partial charge in [-0.3, -0.25) is 9.59 Å². The summed E-state index contributed by atoms with van der Waals surface area (Å²) in [6.07, 6.45) is 2.08. The van der Waals surface area contributed by atoms with E-state index in [1.807, 2.05) is 42.5 Å². The highest BCUT2D eigenvalue weighted by molar-refractivity contribution is 9.10. The minimum absolute atomic E-state index is 0. The van der Waals surface area contributed by atoms with Crippen molar-refractivity contribution >= 4 is 43.6 Å². The lowest BCUT2D eigenvalue weighted by atomic mass is 10.1. The zero-order chi connectivity index (χ0) is 19.6. The van der Waals surface area contributed by atoms with Crippen LogP contribution in [0.4, 0.5) is 0 Å². The predicted molar refractivity (Wildman–Crippen MR) is 123 cm³/mol. The number of fused-ring (bicyclic) bond motifs is 1. The first-order valence-corrected chi connectivity index (χ1v) is 10.1. The fraction of sp³-hybridized carbons (Fsp3) is 0.364. The Morgan fingerprint density at radius 1 is 1.10 bits per heavy atom. The number of carboxylic acids is 1. The molecule has 0 unspecified atom stereocenters. The molecule has 0 bridgehead atoms. The van der Waals surface area contributed by atoms with Crippen LogP contribution >= 0.6 is 31.9 Å². The van der Waals surface area contributed by atoms with E-state index >= 15 is 0 Å². The van der Waals surface area contributed by atoms with Gasteiger partial charge in [-0.15, -0.1) is 0 Å². The number of ketones is 1. The van der Waals surface area contributed by atoms with Crippen LogP contribution in [0.5, 0.6) is 11.5 Å². The second-order valence-corrected chi connectivity index (χ2v) is 7.65. The first-order valence-electron chi connectivity index (χ1n) is 8.51. The van der Waals surface area contributed by atoms with Crippen molar-refractivity contribution in [3.63, 3.8) is 0 Å². The SMILES string of the molecule is C.C.O=C(O)CCCOc1cccc(Br)c1.O=C1CCCOc2cc(Br)ccc21. The summed E-state index contributed by atoms with van der Waals surface area (Å²) < 4.78 is 12.7. The quantitative estimate of drug-likeness (QED) is 0.431. The number of benzene rings is 2. The van der Waals surface area contributed by atoms with E-state index in [4.69, 9.17) is 14.6 Å². The van der Waals surface area contributed by atoms with E-state index in [1.165, 1.54) is 0 Å². The molecule has 0 spiro atoms. The third-order valence-corrected chi connectivity index (χ3v) is 4.64. The first-order chi connectivity index (χ1) is 13.0. The van der Waals surface area contributed by atoms with Gasteiger partial charge in [0.05, 0.1) is 18.8 Å². The first kappa shape index (κ1) is 27.1. The Hall–Kier alpha value is -1.86. The molecule has 2 aromatic rings. The van der Waals surface area contributed by atoms with Gasteiger partial charge in [0, 0.05) is 21.8 Å². The highest BCUT2D eigenvalue weighted by Crippen LogP contribution is 2.27. The number of hydrogen-bond donors (Lipinski definition) is 1. The summed E-state index contributed by atoms with van der Waals surface area (Å²) in [5.41, 5.74) is 0.709. The van der Waals surface area contributed by atoms with Crippen LogP contribution in [0.25, 0.3) is 0 Å². The summed E-state index contributed by atoms with van der Waals surface area (Å²) in [4.78, 5) is 21.7. The molecule has 0 aromatic heterocycles. The van der Waals surface area contributed by atoms with Crippen LogP contribution in [0, 0.1) is 0 Å². The molecule has 5 nitrogen and oxygen atoms in total. The van der Waals surface area contributed by atoms with Crippen molar-refractivity contribution in [1.82, 2.24) is 0 Å². The molecule has 0 radical (unpaired) electrons. The average Bonchev–Trinajstić information content (AvgIpc) is 2.80. The molecule has 3 rings (SSSR count). The van der Waals surface area contributed by atoms with Crippen molar-refractivity contribution < 1.29 is 24.2 Å². The fourth-order valence-corrected chi connectivity index (χ4v) is 3.08. The molecule has 1 aliphatic heterocycles. The zero-order valence-electron chi connectivity index (χ0n) is 14.6. The van der Waals surface area contributed by atoms with Gasteiger partial charge in [0.1, 0.15) is 11.5 Å². The lowest BCUT2D eigenvalue weighted by Crippen LogP contribution is -2.01. The number of carboxylic acid groups (broad SMARTS) is 1. The van der Waals surface area contributed by atoms with Gasteiger partial charge in [-0.1, -0.05) is 52.8 Å². The molecule has 1 aliphatic rings. The molecule has 1 N–H and O–H groups in total. The third-order valence-electron chi connectivity index (χ3n) is 3.65. The van der Waals surface area contributed by atoms with E-state index in [0.717, 1.165) is 21.1 Å². The molecule has 2 aromatic carbocycles. The number of Topliss-reactive ketones (excluding diaryl/α,β-unsaturated/α-hetero) is 1. The number of carbonyl (C=O) groups is 2. The molecular formula is C22H28Br2O5. The van der Waals surface area contributed by atoms with Crippen LogP contribution in [0.3, 0.4) is 0 Å². The Balaban J connectivity index is 0.000000506. The van der Waals surface area contributed by atoms with Crippen molar-refractivity contribution in [3.8, 4) is 11.5 Å². The van der Waals surface area contributed by atoms with Crippen LogP contribution in [0.15, 0.2) is 51.4 Å². The van der Waals surface area contributed by atoms with E-state index in [2.05, 4.69) is 31.9 Å². The topological polar surface area (TPSA) is 72.8 Å². The van der Waals surface area contributed by atoms with E-state index < -0.39 is 5.97 Å². The highest BCUT2D eigenvalue weighted by Gasteiger charge is 2.16. The molecule has 0 amide bonds. The number of aliphatic carboxylic acids is 1. The number of carbonyl (C=O) groups excluding carboxylic acids is 1. The van der Waals surface area contributed by atoms with Crippen LogP contribution in [0.1, 0.15) is 50.9 Å². The lowest BCUT2D eigenvalue weighted by molar-refractivity contribution is -0.137. The van der Waals surface area contributed by atoms with E-state index in [-0.39, 0.29) is 27.1 Å². The van der Waals surface area contributed by atoms with Gasteiger partial charge >= 0.3 is 5.97 Å². The molecule has 160 valence electrons. The van der Waals surface area contributed by atoms with E-state index in [1.54, 1.807) is 0 Å². The maximum Gasteiger partial charge on any atom is 0.303 e. The Morgan fingerprint density at radius 2 is 1.83 bits per heavy atom. The Labute approximate surface area is 189 Å². The molecule has 29 heavy (non-hydrogen) atoms. The van der Waals surface area contributed by atoms with Crippen molar-refractivity contribution in [2.75, 3.05) is 13.2 Å². The largest absolute Gasteiger partial charge is 0.494 e. The van der Waals surface area contributed by atoms with E-state index in [0.29, 0.717) is 37.4 Å². The molecule has 0 saturated heterocycles. The average molecular weight is 532 g/mol. The van der Waals surface area contributed by atoms with Gasteiger partial charge in [0.25, 0.3) is 0 Å². The minimum atomic E-state index is -0.789. The molecular weight excluding hydrogens is 504 g/mol. The fourth-order valence-electron chi connectivity index (χ4n) is 2.37. The second kappa shape index (κ2) is 14.2. The highest BCUT2D eigenvalue weighted by atomic mass is 79.9. The summed E-state index contributed by atoms with van der Waals surface area (Å²) in [5, 5.41) is 8.39. The standard InChI is InChI=1S/C10H11BrO3.C10H9BrO2.2CH4/c11-8-3-1-4-9(7-8)14-6-2-5-10(12)13;11-7-3-4-8-9(12)2-1-5-13-10(8)6-7;;/h1,3-4,7H,2,5-6H2,(H,12,13);3-4,6H,1-2,5H2;2*1H4. The number of ether oxygens (including phenoxy) is 2. The normalized spacial score (nSPS) is 11.9. The Kier molecular flexibility index (Phi) is 13.3. The molecule has 0 fully saturated rings. The maximum atomic E-state index is 11.5. The van der Waals surface area contributed by atoms with Crippen LogP contribution in [0.2, 0.25) is 0 Å². The van der Waals surface area contributed by atoms with Crippen LogP contribution in [-0.4, -0.2) is 30.1 Å². The zero-order valence-corrected chi connectivity index (χ0v) is 17.8. The van der Waals surface area contributed by atoms with E-state index in [9.17, 15) is 9.59 Å². The van der Waals surface area contributed by atoms with Gasteiger partial charge in [-0.05, 0) is 49.2 Å². The van der Waals surface area contributed by atoms with Crippen molar-refractivity contribution in [3.05, 3.63) is 57.0 Å². The smallest absolute Gasteiger partial charge is 0.303 e. The second-order valence-electron chi connectivity index (χ2n) is 5.82. The molecule has 1 heterocycles. The van der Waals surface area contributed by atoms with Gasteiger partial charge < -0.3 is 14.6 Å². The molecule has 0 saturated carbocycles. The summed E-state index contributed by atoms with van der Waals surface area (Å²) in [6, 6.07) is 13.0. The molecule has 0 atom stereocenters. The summed E-state index contributed by atoms with van der Waals surface area (Å²) in [6.45, 7) is 1.07. The monoisotopic (exact) mass is 530 g/mol. The number of halogens is 2. The number of rotatable bonds is 5. The van der Waals surface area contributed by atoms with Gasteiger partial charge in [0.2, 0.25) is 0 Å². The van der Waals surface area contributed by atoms with Gasteiger partial charge in [-0.25, -0.2) is 0 Å². The minimum Gasteiger partial charge on any atom is -0.494 e. The number of hydrogen-bond acceptors (Lipinski definition) is 4. The summed E-state index contributed by atoms with van der Waals surface area (Å²) in [7, 11) is 0. The predicted octanol–water partition coefficient (Wildman–Crippen LogP) is 6.77.